The minimum Gasteiger partial charge on any atom is -0.355 e. The zero-order valence-corrected chi connectivity index (χ0v) is 8.18. The Morgan fingerprint density at radius 3 is 2.92 bits per heavy atom. The quantitative estimate of drug-likeness (QED) is 0.593. The molecule has 2 N–H and O–H groups in total. The maximum Gasteiger partial charge on any atom is 0.233 e. The molecule has 1 saturated carbocycles. The molecule has 0 heterocycles. The van der Waals surface area contributed by atoms with E-state index in [4.69, 9.17) is 0 Å². The Morgan fingerprint density at radius 2 is 2.38 bits per heavy atom. The van der Waals surface area contributed by atoms with Gasteiger partial charge in [-0.15, -0.1) is 6.58 Å². The topological polar surface area (TPSA) is 41.1 Å². The second-order valence-electron chi connectivity index (χ2n) is 3.65. The first kappa shape index (κ1) is 10.3. The van der Waals surface area contributed by atoms with E-state index in [1.165, 1.54) is 12.8 Å². The van der Waals surface area contributed by atoms with Crippen molar-refractivity contribution in [1.29, 1.82) is 0 Å². The Bertz CT molecular complexity index is 187. The number of carbonyl (C=O) groups is 1. The van der Waals surface area contributed by atoms with E-state index < -0.39 is 0 Å². The van der Waals surface area contributed by atoms with E-state index >= 15 is 0 Å². The van der Waals surface area contributed by atoms with Crippen LogP contribution in [0.1, 0.15) is 19.8 Å². The lowest BCUT2D eigenvalue weighted by molar-refractivity contribution is -0.120. The van der Waals surface area contributed by atoms with Crippen LogP contribution in [0.4, 0.5) is 0 Å². The maximum atomic E-state index is 11.2. The van der Waals surface area contributed by atoms with Crippen molar-refractivity contribution in [2.75, 3.05) is 13.1 Å². The van der Waals surface area contributed by atoms with E-state index in [-0.39, 0.29) is 11.9 Å². The van der Waals surface area contributed by atoms with Crippen LogP contribution in [0.25, 0.3) is 0 Å². The minimum atomic E-state index is 0.0839. The molecule has 13 heavy (non-hydrogen) atoms. The van der Waals surface area contributed by atoms with Crippen molar-refractivity contribution in [1.82, 2.24) is 10.6 Å². The van der Waals surface area contributed by atoms with Crippen molar-refractivity contribution in [2.45, 2.75) is 25.8 Å². The van der Waals surface area contributed by atoms with E-state index in [0.29, 0.717) is 6.54 Å². The number of hydrogen-bond donors (Lipinski definition) is 2. The standard InChI is InChI=1S/C10H18N2O/c1-3-8(2)11-7-10(13)12-6-9-4-5-9/h3,8-9,11H,1,4-7H2,2H3,(H,12,13). The summed E-state index contributed by atoms with van der Waals surface area (Å²) in [6.07, 6.45) is 4.34. The highest BCUT2D eigenvalue weighted by Crippen LogP contribution is 2.27. The Balaban J connectivity index is 1.99. The molecule has 0 aromatic rings. The second-order valence-corrected chi connectivity index (χ2v) is 3.65. The number of nitrogens with one attached hydrogen (secondary N) is 2. The minimum absolute atomic E-state index is 0.0839. The zero-order chi connectivity index (χ0) is 9.68. The summed E-state index contributed by atoms with van der Waals surface area (Å²) in [7, 11) is 0. The van der Waals surface area contributed by atoms with E-state index in [9.17, 15) is 4.79 Å². The van der Waals surface area contributed by atoms with E-state index in [1.54, 1.807) is 6.08 Å². The lowest BCUT2D eigenvalue weighted by Gasteiger charge is -2.08. The van der Waals surface area contributed by atoms with Crippen LogP contribution in [0.15, 0.2) is 12.7 Å². The number of hydrogen-bond acceptors (Lipinski definition) is 2. The van der Waals surface area contributed by atoms with E-state index in [2.05, 4.69) is 17.2 Å². The fraction of sp³-hybridized carbons (Fsp3) is 0.700. The smallest absolute Gasteiger partial charge is 0.233 e. The fourth-order valence-electron chi connectivity index (χ4n) is 0.980. The summed E-state index contributed by atoms with van der Waals surface area (Å²) in [5, 5.41) is 5.93. The van der Waals surface area contributed by atoms with Gasteiger partial charge in [0.2, 0.25) is 5.91 Å². The van der Waals surface area contributed by atoms with Crippen molar-refractivity contribution >= 4 is 5.91 Å². The van der Waals surface area contributed by atoms with Crippen molar-refractivity contribution in [3.8, 4) is 0 Å². The fourth-order valence-corrected chi connectivity index (χ4v) is 0.980. The third kappa shape index (κ3) is 4.68. The number of rotatable bonds is 6. The average molecular weight is 182 g/mol. The lowest BCUT2D eigenvalue weighted by atomic mass is 10.3. The molecule has 0 saturated heterocycles. The molecule has 0 radical (unpaired) electrons. The lowest BCUT2D eigenvalue weighted by Crippen LogP contribution is -2.37. The van der Waals surface area contributed by atoms with Gasteiger partial charge in [0, 0.05) is 12.6 Å². The molecule has 0 aliphatic heterocycles. The molecule has 74 valence electrons. The molecule has 0 aromatic carbocycles. The Hall–Kier alpha value is -0.830. The van der Waals surface area contributed by atoms with Gasteiger partial charge in [-0.05, 0) is 25.7 Å². The third-order valence-electron chi connectivity index (χ3n) is 2.22. The van der Waals surface area contributed by atoms with Crippen molar-refractivity contribution in [3.63, 3.8) is 0 Å². The normalized spacial score (nSPS) is 17.9. The molecular formula is C10H18N2O. The van der Waals surface area contributed by atoms with E-state index in [0.717, 1.165) is 12.5 Å². The van der Waals surface area contributed by atoms with Crippen molar-refractivity contribution in [3.05, 3.63) is 12.7 Å². The van der Waals surface area contributed by atoms with E-state index in [1.807, 2.05) is 6.92 Å². The van der Waals surface area contributed by atoms with Gasteiger partial charge < -0.3 is 10.6 Å². The highest BCUT2D eigenvalue weighted by atomic mass is 16.1. The molecule has 1 rings (SSSR count). The number of carbonyl (C=O) groups excluding carboxylic acids is 1. The molecule has 1 amide bonds. The zero-order valence-electron chi connectivity index (χ0n) is 8.18. The Kier molecular flexibility index (Phi) is 3.96. The molecule has 1 unspecified atom stereocenters. The summed E-state index contributed by atoms with van der Waals surface area (Å²) in [5.41, 5.74) is 0. The van der Waals surface area contributed by atoms with Gasteiger partial charge >= 0.3 is 0 Å². The molecule has 1 aliphatic rings. The third-order valence-corrected chi connectivity index (χ3v) is 2.22. The van der Waals surface area contributed by atoms with Crippen LogP contribution in [0.3, 0.4) is 0 Å². The van der Waals surface area contributed by atoms with Gasteiger partial charge in [0.1, 0.15) is 0 Å². The Labute approximate surface area is 79.6 Å². The Morgan fingerprint density at radius 1 is 1.69 bits per heavy atom. The number of amides is 1. The van der Waals surface area contributed by atoms with Gasteiger partial charge in [-0.25, -0.2) is 0 Å². The van der Waals surface area contributed by atoms with Crippen LogP contribution >= 0.6 is 0 Å². The molecular weight excluding hydrogens is 164 g/mol. The van der Waals surface area contributed by atoms with Crippen LogP contribution in [-0.4, -0.2) is 25.0 Å². The predicted molar refractivity (Wildman–Crippen MR) is 53.4 cm³/mol. The van der Waals surface area contributed by atoms with Crippen LogP contribution in [0.2, 0.25) is 0 Å². The molecule has 1 aliphatic carbocycles. The summed E-state index contributed by atoms with van der Waals surface area (Å²) in [4.78, 5) is 11.2. The van der Waals surface area contributed by atoms with Crippen molar-refractivity contribution < 1.29 is 4.79 Å². The first-order chi connectivity index (χ1) is 6.22. The first-order valence-corrected chi connectivity index (χ1v) is 4.85. The summed E-state index contributed by atoms with van der Waals surface area (Å²) in [6, 6.07) is 0.201. The summed E-state index contributed by atoms with van der Waals surface area (Å²) in [5.74, 6) is 0.835. The SMILES string of the molecule is C=CC(C)NCC(=O)NCC1CC1. The molecule has 3 nitrogen and oxygen atoms in total. The maximum absolute atomic E-state index is 11.2. The summed E-state index contributed by atoms with van der Waals surface area (Å²) in [6.45, 7) is 6.84. The van der Waals surface area contributed by atoms with Crippen LogP contribution in [0, 0.1) is 5.92 Å². The van der Waals surface area contributed by atoms with Crippen molar-refractivity contribution in [2.24, 2.45) is 5.92 Å². The van der Waals surface area contributed by atoms with Gasteiger partial charge in [0.05, 0.1) is 6.54 Å². The van der Waals surface area contributed by atoms with Crippen LogP contribution in [0.5, 0.6) is 0 Å². The molecule has 1 atom stereocenters. The molecule has 0 bridgehead atoms. The van der Waals surface area contributed by atoms with Gasteiger partial charge in [-0.3, -0.25) is 4.79 Å². The van der Waals surface area contributed by atoms with Gasteiger partial charge in [0.25, 0.3) is 0 Å². The second kappa shape index (κ2) is 5.02. The highest BCUT2D eigenvalue weighted by molar-refractivity contribution is 5.78. The monoisotopic (exact) mass is 182 g/mol. The summed E-state index contributed by atoms with van der Waals surface area (Å²) < 4.78 is 0. The largest absolute Gasteiger partial charge is 0.355 e. The molecule has 3 heteroatoms. The molecule has 1 fully saturated rings. The van der Waals surface area contributed by atoms with Crippen LogP contribution < -0.4 is 10.6 Å². The highest BCUT2D eigenvalue weighted by Gasteiger charge is 2.21. The van der Waals surface area contributed by atoms with Crippen LogP contribution in [-0.2, 0) is 4.79 Å². The molecule has 0 aromatic heterocycles. The van der Waals surface area contributed by atoms with Gasteiger partial charge in [0.15, 0.2) is 0 Å². The predicted octanol–water partition coefficient (Wildman–Crippen LogP) is 0.677. The summed E-state index contributed by atoms with van der Waals surface area (Å²) >= 11 is 0. The van der Waals surface area contributed by atoms with Gasteiger partial charge in [-0.2, -0.15) is 0 Å². The molecule has 0 spiro atoms. The average Bonchev–Trinajstić information content (AvgIpc) is 2.94. The first-order valence-electron chi connectivity index (χ1n) is 4.85. The van der Waals surface area contributed by atoms with Gasteiger partial charge in [-0.1, -0.05) is 6.08 Å².